The lowest BCUT2D eigenvalue weighted by molar-refractivity contribution is 0.757. The van der Waals surface area contributed by atoms with Gasteiger partial charge in [-0.1, -0.05) is 23.8 Å². The molecule has 1 aliphatic heterocycles. The lowest BCUT2D eigenvalue weighted by Crippen LogP contribution is -2.14. The summed E-state index contributed by atoms with van der Waals surface area (Å²) in [6.45, 7) is 3.52. The summed E-state index contributed by atoms with van der Waals surface area (Å²) >= 11 is 0. The molecule has 4 nitrogen and oxygen atoms in total. The van der Waals surface area contributed by atoms with Crippen molar-refractivity contribution in [3.05, 3.63) is 51.6 Å². The maximum absolute atomic E-state index is 11.5. The van der Waals surface area contributed by atoms with Gasteiger partial charge in [-0.05, 0) is 13.0 Å². The van der Waals surface area contributed by atoms with Gasteiger partial charge in [-0.3, -0.25) is 0 Å². The van der Waals surface area contributed by atoms with E-state index < -0.39 is 0 Å². The van der Waals surface area contributed by atoms with Gasteiger partial charge in [0, 0.05) is 29.9 Å². The van der Waals surface area contributed by atoms with Crippen LogP contribution < -0.4 is 11.0 Å². The summed E-state index contributed by atoms with van der Waals surface area (Å²) < 4.78 is 0. The first kappa shape index (κ1) is 10.2. The fourth-order valence-electron chi connectivity index (χ4n) is 2.23. The van der Waals surface area contributed by atoms with Gasteiger partial charge in [-0.2, -0.15) is 4.98 Å². The van der Waals surface area contributed by atoms with Crippen LogP contribution in [0.25, 0.3) is 11.3 Å². The lowest BCUT2D eigenvalue weighted by Gasteiger charge is -2.06. The van der Waals surface area contributed by atoms with Crippen LogP contribution in [-0.4, -0.2) is 9.97 Å². The zero-order chi connectivity index (χ0) is 11.8. The van der Waals surface area contributed by atoms with Crippen molar-refractivity contribution in [1.29, 1.82) is 0 Å². The Bertz CT molecular complexity index is 631. The molecule has 1 aromatic carbocycles. The smallest absolute Gasteiger partial charge is 0.308 e. The average molecular weight is 227 g/mol. The molecule has 1 aliphatic rings. The lowest BCUT2D eigenvalue weighted by atomic mass is 10.0. The molecule has 4 heteroatoms. The number of H-pyrrole nitrogens is 1. The number of aromatic amines is 1. The summed E-state index contributed by atoms with van der Waals surface area (Å²) in [5, 5.41) is 3.23. The summed E-state index contributed by atoms with van der Waals surface area (Å²) in [4.78, 5) is 18.4. The number of nitrogens with one attached hydrogen (secondary N) is 2. The Morgan fingerprint density at radius 2 is 2.18 bits per heavy atom. The molecule has 0 saturated carbocycles. The fraction of sp³-hybridized carbons (Fsp3) is 0.231. The molecule has 1 aromatic heterocycles. The zero-order valence-electron chi connectivity index (χ0n) is 9.58. The summed E-state index contributed by atoms with van der Waals surface area (Å²) in [7, 11) is 0. The topological polar surface area (TPSA) is 57.8 Å². The highest BCUT2D eigenvalue weighted by Crippen LogP contribution is 2.25. The van der Waals surface area contributed by atoms with Crippen LogP contribution in [0.2, 0.25) is 0 Å². The molecule has 0 amide bonds. The Kier molecular flexibility index (Phi) is 2.30. The highest BCUT2D eigenvalue weighted by Gasteiger charge is 2.18. The molecule has 86 valence electrons. The van der Waals surface area contributed by atoms with Gasteiger partial charge in [0.15, 0.2) is 0 Å². The van der Waals surface area contributed by atoms with Crippen LogP contribution in [0.4, 0.5) is 0 Å². The molecule has 0 unspecified atom stereocenters. The van der Waals surface area contributed by atoms with Crippen molar-refractivity contribution >= 4 is 0 Å². The highest BCUT2D eigenvalue weighted by atomic mass is 16.1. The molecule has 0 radical (unpaired) electrons. The SMILES string of the molecule is Cc1cccc(-c2nc(=O)[nH]c3c2CNC3)c1. The third-order valence-electron chi connectivity index (χ3n) is 3.02. The van der Waals surface area contributed by atoms with Crippen LogP contribution in [0, 0.1) is 6.92 Å². The van der Waals surface area contributed by atoms with Crippen molar-refractivity contribution in [2.75, 3.05) is 0 Å². The number of nitrogens with zero attached hydrogens (tertiary/aromatic N) is 1. The van der Waals surface area contributed by atoms with Gasteiger partial charge in [0.1, 0.15) is 0 Å². The molecule has 0 atom stereocenters. The van der Waals surface area contributed by atoms with Gasteiger partial charge in [0.25, 0.3) is 0 Å². The van der Waals surface area contributed by atoms with Crippen LogP contribution >= 0.6 is 0 Å². The number of aryl methyl sites for hydroxylation is 1. The van der Waals surface area contributed by atoms with Gasteiger partial charge >= 0.3 is 5.69 Å². The van der Waals surface area contributed by atoms with Crippen molar-refractivity contribution in [3.63, 3.8) is 0 Å². The van der Waals surface area contributed by atoms with Gasteiger partial charge in [-0.25, -0.2) is 4.79 Å². The minimum absolute atomic E-state index is 0.274. The van der Waals surface area contributed by atoms with E-state index >= 15 is 0 Å². The van der Waals surface area contributed by atoms with Crippen molar-refractivity contribution in [1.82, 2.24) is 15.3 Å². The van der Waals surface area contributed by atoms with E-state index in [4.69, 9.17) is 0 Å². The van der Waals surface area contributed by atoms with E-state index in [0.717, 1.165) is 29.1 Å². The molecule has 17 heavy (non-hydrogen) atoms. The van der Waals surface area contributed by atoms with Crippen molar-refractivity contribution < 1.29 is 0 Å². The molecule has 0 bridgehead atoms. The van der Waals surface area contributed by atoms with E-state index in [9.17, 15) is 4.79 Å². The van der Waals surface area contributed by atoms with E-state index in [1.165, 1.54) is 5.56 Å². The number of fused-ring (bicyclic) bond motifs is 1. The molecule has 0 spiro atoms. The Labute approximate surface area is 98.7 Å². The molecule has 2 aromatic rings. The van der Waals surface area contributed by atoms with E-state index in [1.54, 1.807) is 0 Å². The minimum atomic E-state index is -0.274. The van der Waals surface area contributed by atoms with Gasteiger partial charge in [0.05, 0.1) is 5.69 Å². The average Bonchev–Trinajstić information content (AvgIpc) is 2.75. The summed E-state index contributed by atoms with van der Waals surface area (Å²) in [5.41, 5.74) is 4.78. The predicted molar refractivity (Wildman–Crippen MR) is 65.6 cm³/mol. The summed E-state index contributed by atoms with van der Waals surface area (Å²) in [6.07, 6.45) is 0. The molecule has 0 aliphatic carbocycles. The first-order valence-electron chi connectivity index (χ1n) is 5.64. The second kappa shape index (κ2) is 3.82. The Hall–Kier alpha value is -1.94. The van der Waals surface area contributed by atoms with Gasteiger partial charge in [-0.15, -0.1) is 0 Å². The number of benzene rings is 1. The van der Waals surface area contributed by atoms with E-state index in [0.29, 0.717) is 6.54 Å². The van der Waals surface area contributed by atoms with E-state index in [1.807, 2.05) is 25.1 Å². The number of aromatic nitrogens is 2. The van der Waals surface area contributed by atoms with E-state index in [2.05, 4.69) is 21.4 Å². The molecule has 2 N–H and O–H groups in total. The quantitative estimate of drug-likeness (QED) is 0.773. The largest absolute Gasteiger partial charge is 0.345 e. The molecular formula is C13H13N3O. The molecular weight excluding hydrogens is 214 g/mol. The molecule has 0 fully saturated rings. The van der Waals surface area contributed by atoms with Gasteiger partial charge in [0.2, 0.25) is 0 Å². The first-order valence-corrected chi connectivity index (χ1v) is 5.64. The van der Waals surface area contributed by atoms with Crippen molar-refractivity contribution in [3.8, 4) is 11.3 Å². The predicted octanol–water partition coefficient (Wildman–Crippen LogP) is 1.35. The standard InChI is InChI=1S/C13H13N3O/c1-8-3-2-4-9(5-8)12-10-6-14-7-11(10)15-13(17)16-12/h2-5,14H,6-7H2,1H3,(H,15,16,17). The Morgan fingerprint density at radius 3 is 3.00 bits per heavy atom. The monoisotopic (exact) mass is 227 g/mol. The van der Waals surface area contributed by atoms with Crippen molar-refractivity contribution in [2.45, 2.75) is 20.0 Å². The minimum Gasteiger partial charge on any atom is -0.308 e. The fourth-order valence-corrected chi connectivity index (χ4v) is 2.23. The second-order valence-corrected chi connectivity index (χ2v) is 4.32. The third-order valence-corrected chi connectivity index (χ3v) is 3.02. The third kappa shape index (κ3) is 1.76. The van der Waals surface area contributed by atoms with Crippen LogP contribution in [0.15, 0.2) is 29.1 Å². The maximum Gasteiger partial charge on any atom is 0.345 e. The molecule has 0 saturated heterocycles. The number of hydrogen-bond donors (Lipinski definition) is 2. The van der Waals surface area contributed by atoms with Crippen LogP contribution in [0.1, 0.15) is 16.8 Å². The highest BCUT2D eigenvalue weighted by molar-refractivity contribution is 5.64. The Balaban J connectivity index is 2.24. The molecule has 2 heterocycles. The summed E-state index contributed by atoms with van der Waals surface area (Å²) in [5.74, 6) is 0. The van der Waals surface area contributed by atoms with Crippen molar-refractivity contribution in [2.24, 2.45) is 0 Å². The summed E-state index contributed by atoms with van der Waals surface area (Å²) in [6, 6.07) is 8.07. The molecule has 3 rings (SSSR count). The Morgan fingerprint density at radius 1 is 1.29 bits per heavy atom. The second-order valence-electron chi connectivity index (χ2n) is 4.32. The van der Waals surface area contributed by atoms with E-state index in [-0.39, 0.29) is 5.69 Å². The first-order chi connectivity index (χ1) is 8.24. The van der Waals surface area contributed by atoms with Crippen LogP contribution in [0.3, 0.4) is 0 Å². The van der Waals surface area contributed by atoms with Crippen LogP contribution in [0.5, 0.6) is 0 Å². The number of rotatable bonds is 1. The maximum atomic E-state index is 11.5. The normalized spacial score (nSPS) is 13.7. The zero-order valence-corrected chi connectivity index (χ0v) is 9.58. The van der Waals surface area contributed by atoms with Crippen LogP contribution in [-0.2, 0) is 13.1 Å². The number of hydrogen-bond acceptors (Lipinski definition) is 3. The van der Waals surface area contributed by atoms with Gasteiger partial charge < -0.3 is 10.3 Å².